The smallest absolute Gasteiger partial charge is 0.416 e. The fourth-order valence-corrected chi connectivity index (χ4v) is 4.98. The number of fused-ring (bicyclic) bond motifs is 3. The molecule has 1 aliphatic heterocycles. The van der Waals surface area contributed by atoms with Crippen molar-refractivity contribution < 1.29 is 24.3 Å². The van der Waals surface area contributed by atoms with E-state index in [-0.39, 0.29) is 7.18 Å². The topological polar surface area (TPSA) is 71.6 Å². The summed E-state index contributed by atoms with van der Waals surface area (Å²) in [6, 6.07) is 18.2. The molecule has 1 amide bonds. The summed E-state index contributed by atoms with van der Waals surface area (Å²) in [7, 11) is 0.508. The molecule has 0 saturated carbocycles. The zero-order valence-electron chi connectivity index (χ0n) is 18.7. The number of rotatable bonds is 4. The maximum absolute atomic E-state index is 13.3. The van der Waals surface area contributed by atoms with Crippen LogP contribution in [0.4, 0.5) is 9.18 Å². The lowest BCUT2D eigenvalue weighted by Gasteiger charge is -2.35. The van der Waals surface area contributed by atoms with E-state index in [0.717, 1.165) is 32.6 Å². The summed E-state index contributed by atoms with van der Waals surface area (Å²) < 4.78 is 36.2. The highest BCUT2D eigenvalue weighted by molar-refractivity contribution is 7.84. The van der Waals surface area contributed by atoms with Crippen molar-refractivity contribution in [1.82, 2.24) is 9.88 Å². The van der Waals surface area contributed by atoms with Crippen LogP contribution >= 0.6 is 0 Å². The molecule has 1 N–H and O–H groups in total. The summed E-state index contributed by atoms with van der Waals surface area (Å²) in [6.45, 7) is 0.427. The minimum absolute atomic E-state index is 0. The number of nitrogens with one attached hydrogen (secondary N) is 1. The Labute approximate surface area is 200 Å². The number of benzene rings is 3. The first-order chi connectivity index (χ1) is 16.4. The molecule has 2 atom stereocenters. The van der Waals surface area contributed by atoms with Gasteiger partial charge in [-0.25, -0.2) is 9.18 Å². The standard InChI is InChI=1S/C26H23FN2O4S.H2/c1-32-18-7-3-16(4-8-18)25-24-21(22-15-20(34(2)31)11-12-23(22)28-24)13-14-29(25)26(30)33-19-9-5-17(27)6-10-19;/h3-12,15,25,28H,13-14H2,1-2H3;1H. The minimum atomic E-state index is -1.10. The monoisotopic (exact) mass is 480 g/mol. The van der Waals surface area contributed by atoms with Gasteiger partial charge in [0.25, 0.3) is 0 Å². The Morgan fingerprint density at radius 3 is 2.47 bits per heavy atom. The van der Waals surface area contributed by atoms with E-state index in [2.05, 4.69) is 4.98 Å². The fourth-order valence-electron chi connectivity index (χ4n) is 4.44. The first kappa shape index (κ1) is 22.2. The van der Waals surface area contributed by atoms with E-state index in [1.54, 1.807) is 18.3 Å². The molecule has 2 heterocycles. The van der Waals surface area contributed by atoms with Crippen molar-refractivity contribution in [2.45, 2.75) is 17.4 Å². The van der Waals surface area contributed by atoms with E-state index in [9.17, 15) is 13.4 Å². The maximum Gasteiger partial charge on any atom is 0.416 e. The molecular formula is C26H25FN2O4S. The molecule has 6 nitrogen and oxygen atoms in total. The van der Waals surface area contributed by atoms with Crippen LogP contribution < -0.4 is 9.47 Å². The third-order valence-electron chi connectivity index (χ3n) is 6.12. The molecule has 1 aromatic heterocycles. The van der Waals surface area contributed by atoms with Crippen LogP contribution in [0.1, 0.15) is 24.3 Å². The Kier molecular flexibility index (Phi) is 5.83. The summed E-state index contributed by atoms with van der Waals surface area (Å²) in [5.41, 5.74) is 3.80. The summed E-state index contributed by atoms with van der Waals surface area (Å²) in [6.07, 6.45) is 1.75. The number of H-pyrrole nitrogens is 1. The number of halogens is 1. The highest BCUT2D eigenvalue weighted by Crippen LogP contribution is 2.39. The summed E-state index contributed by atoms with van der Waals surface area (Å²) in [5, 5.41) is 1.01. The summed E-state index contributed by atoms with van der Waals surface area (Å²) >= 11 is 0. The van der Waals surface area contributed by atoms with Gasteiger partial charge in [0.05, 0.1) is 7.11 Å². The number of ether oxygens (including phenoxy) is 2. The Bertz CT molecular complexity index is 1390. The number of aromatic amines is 1. The number of aromatic nitrogens is 1. The van der Waals surface area contributed by atoms with Crippen molar-refractivity contribution in [3.63, 3.8) is 0 Å². The first-order valence-corrected chi connectivity index (χ1v) is 12.4. The molecule has 0 aliphatic carbocycles. The van der Waals surface area contributed by atoms with E-state index in [4.69, 9.17) is 9.47 Å². The highest BCUT2D eigenvalue weighted by atomic mass is 32.2. The van der Waals surface area contributed by atoms with Gasteiger partial charge in [-0.3, -0.25) is 9.11 Å². The van der Waals surface area contributed by atoms with Gasteiger partial charge in [0.1, 0.15) is 23.4 Å². The van der Waals surface area contributed by atoms with Gasteiger partial charge in [-0.2, -0.15) is 0 Å². The van der Waals surface area contributed by atoms with Crippen molar-refractivity contribution in [3.8, 4) is 11.5 Å². The Hall–Kier alpha value is -3.65. The van der Waals surface area contributed by atoms with Crippen LogP contribution in [0.15, 0.2) is 71.6 Å². The zero-order valence-corrected chi connectivity index (χ0v) is 19.5. The number of hydrogen-bond acceptors (Lipinski definition) is 4. The van der Waals surface area contributed by atoms with Crippen LogP contribution in [0.2, 0.25) is 0 Å². The lowest BCUT2D eigenvalue weighted by atomic mass is 9.92. The predicted octanol–water partition coefficient (Wildman–Crippen LogP) is 5.45. The normalized spacial score (nSPS) is 16.2. The number of carbonyl (C=O) groups excluding carboxylic acids is 1. The molecule has 4 aromatic rings. The van der Waals surface area contributed by atoms with Gasteiger partial charge in [0.15, 0.2) is 0 Å². The second-order valence-electron chi connectivity index (χ2n) is 8.12. The third-order valence-corrected chi connectivity index (χ3v) is 7.03. The highest BCUT2D eigenvalue weighted by Gasteiger charge is 2.35. The number of nitrogens with zero attached hydrogens (tertiary/aromatic N) is 1. The van der Waals surface area contributed by atoms with E-state index in [1.165, 1.54) is 24.3 Å². The van der Waals surface area contributed by atoms with E-state index < -0.39 is 28.8 Å². The van der Waals surface area contributed by atoms with Crippen LogP contribution in [-0.2, 0) is 17.2 Å². The molecule has 0 radical (unpaired) electrons. The molecule has 34 heavy (non-hydrogen) atoms. The molecule has 2 unspecified atom stereocenters. The minimum Gasteiger partial charge on any atom is -0.497 e. The number of hydrogen-bond donors (Lipinski definition) is 1. The second kappa shape index (κ2) is 8.95. The maximum atomic E-state index is 13.3. The second-order valence-corrected chi connectivity index (χ2v) is 9.50. The Morgan fingerprint density at radius 2 is 1.79 bits per heavy atom. The average Bonchev–Trinajstić information content (AvgIpc) is 3.23. The largest absolute Gasteiger partial charge is 0.497 e. The van der Waals surface area contributed by atoms with E-state index in [1.807, 2.05) is 42.5 Å². The molecule has 0 fully saturated rings. The number of amides is 1. The lowest BCUT2D eigenvalue weighted by Crippen LogP contribution is -2.42. The molecule has 0 spiro atoms. The average molecular weight is 481 g/mol. The van der Waals surface area contributed by atoms with Crippen molar-refractivity contribution in [2.24, 2.45) is 0 Å². The van der Waals surface area contributed by atoms with Crippen molar-refractivity contribution in [1.29, 1.82) is 0 Å². The van der Waals surface area contributed by atoms with Crippen LogP contribution in [0.5, 0.6) is 11.5 Å². The van der Waals surface area contributed by atoms with Gasteiger partial charge in [0.2, 0.25) is 0 Å². The molecule has 8 heteroatoms. The van der Waals surface area contributed by atoms with Gasteiger partial charge < -0.3 is 14.5 Å². The van der Waals surface area contributed by atoms with Crippen LogP contribution in [-0.4, -0.2) is 40.1 Å². The third kappa shape index (κ3) is 4.05. The molecule has 1 aliphatic rings. The molecule has 0 bridgehead atoms. The number of methoxy groups -OCH3 is 1. The van der Waals surface area contributed by atoms with Crippen LogP contribution in [0.3, 0.4) is 0 Å². The predicted molar refractivity (Wildman–Crippen MR) is 130 cm³/mol. The number of carbonyl (C=O) groups is 1. The van der Waals surface area contributed by atoms with E-state index >= 15 is 0 Å². The van der Waals surface area contributed by atoms with Gasteiger partial charge in [0, 0.05) is 46.5 Å². The Morgan fingerprint density at radius 1 is 1.09 bits per heavy atom. The van der Waals surface area contributed by atoms with Gasteiger partial charge in [-0.1, -0.05) is 12.1 Å². The molecule has 3 aromatic carbocycles. The van der Waals surface area contributed by atoms with Crippen LogP contribution in [0, 0.1) is 5.82 Å². The Balaban J connectivity index is 0.00000289. The molecule has 0 saturated heterocycles. The fraction of sp³-hybridized carbons (Fsp3) is 0.192. The van der Waals surface area contributed by atoms with Crippen molar-refractivity contribution in [2.75, 3.05) is 19.9 Å². The molecular weight excluding hydrogens is 455 g/mol. The lowest BCUT2D eigenvalue weighted by molar-refractivity contribution is 0.135. The zero-order chi connectivity index (χ0) is 23.8. The van der Waals surface area contributed by atoms with Gasteiger partial charge in [-0.05, 0) is 72.1 Å². The van der Waals surface area contributed by atoms with E-state index in [0.29, 0.717) is 18.7 Å². The van der Waals surface area contributed by atoms with Gasteiger partial charge >= 0.3 is 6.09 Å². The van der Waals surface area contributed by atoms with Gasteiger partial charge in [-0.15, -0.1) is 0 Å². The molecule has 176 valence electrons. The SMILES string of the molecule is COc1ccc(C2c3[nH]c4ccc(S(C)=O)cc4c3CCN2C(=O)Oc2ccc(F)cc2)cc1.[HH]. The summed E-state index contributed by atoms with van der Waals surface area (Å²) in [5.74, 6) is 0.591. The summed E-state index contributed by atoms with van der Waals surface area (Å²) in [4.78, 5) is 19.2. The molecule has 5 rings (SSSR count). The van der Waals surface area contributed by atoms with Crippen molar-refractivity contribution in [3.05, 3.63) is 89.4 Å². The quantitative estimate of drug-likeness (QED) is 0.422. The van der Waals surface area contributed by atoms with Crippen molar-refractivity contribution >= 4 is 27.8 Å². The first-order valence-electron chi connectivity index (χ1n) is 10.8. The van der Waals surface area contributed by atoms with Crippen LogP contribution in [0.25, 0.3) is 10.9 Å².